The second-order valence-electron chi connectivity index (χ2n) is 4.24. The molecule has 86 valence electrons. The molecule has 3 heteroatoms. The fourth-order valence-electron chi connectivity index (χ4n) is 1.79. The lowest BCUT2D eigenvalue weighted by Gasteiger charge is -2.19. The average Bonchev–Trinajstić information content (AvgIpc) is 2.58. The van der Waals surface area contributed by atoms with E-state index in [1.807, 2.05) is 13.1 Å². The molecular formula is C12H20ClNS. The van der Waals surface area contributed by atoms with Gasteiger partial charge in [-0.05, 0) is 44.4 Å². The van der Waals surface area contributed by atoms with Crippen molar-refractivity contribution in [1.29, 1.82) is 0 Å². The third-order valence-corrected chi connectivity index (χ3v) is 4.03. The van der Waals surface area contributed by atoms with Crippen LogP contribution in [0, 0.1) is 5.92 Å². The molecule has 0 aromatic carbocycles. The summed E-state index contributed by atoms with van der Waals surface area (Å²) in [4.78, 5) is 1.40. The molecule has 1 N–H and O–H groups in total. The molecule has 1 atom stereocenters. The lowest BCUT2D eigenvalue weighted by atomic mass is 9.98. The van der Waals surface area contributed by atoms with E-state index in [1.165, 1.54) is 17.7 Å². The molecule has 0 saturated heterocycles. The third-order valence-electron chi connectivity index (χ3n) is 2.74. The zero-order chi connectivity index (χ0) is 11.3. The quantitative estimate of drug-likeness (QED) is 0.800. The van der Waals surface area contributed by atoms with Gasteiger partial charge in [0.15, 0.2) is 0 Å². The molecule has 0 radical (unpaired) electrons. The molecule has 0 fully saturated rings. The summed E-state index contributed by atoms with van der Waals surface area (Å²) in [5, 5.41) is 3.37. The molecule has 15 heavy (non-hydrogen) atoms. The van der Waals surface area contributed by atoms with Crippen molar-refractivity contribution in [2.75, 3.05) is 7.05 Å². The number of rotatable bonds is 6. The number of aryl methyl sites for hydroxylation is 1. The Morgan fingerprint density at radius 3 is 2.60 bits per heavy atom. The minimum Gasteiger partial charge on any atom is -0.317 e. The molecular weight excluding hydrogens is 226 g/mol. The lowest BCUT2D eigenvalue weighted by molar-refractivity contribution is 0.394. The number of nitrogens with one attached hydrogen (secondary N) is 1. The molecule has 1 unspecified atom stereocenters. The van der Waals surface area contributed by atoms with Crippen molar-refractivity contribution in [2.45, 2.75) is 39.2 Å². The SMILES string of the molecule is CNC(CCCc1ccc(Cl)s1)C(C)C. The van der Waals surface area contributed by atoms with Gasteiger partial charge < -0.3 is 5.32 Å². The van der Waals surface area contributed by atoms with E-state index in [-0.39, 0.29) is 0 Å². The Labute approximate surface area is 102 Å². The second-order valence-corrected chi connectivity index (χ2v) is 6.04. The van der Waals surface area contributed by atoms with Gasteiger partial charge in [0, 0.05) is 10.9 Å². The minimum absolute atomic E-state index is 0.639. The van der Waals surface area contributed by atoms with Crippen molar-refractivity contribution in [1.82, 2.24) is 5.32 Å². The molecule has 0 amide bonds. The first-order valence-corrected chi connectivity index (χ1v) is 6.74. The van der Waals surface area contributed by atoms with Gasteiger partial charge in [0.2, 0.25) is 0 Å². The number of thiophene rings is 1. The molecule has 0 bridgehead atoms. The lowest BCUT2D eigenvalue weighted by Crippen LogP contribution is -2.30. The summed E-state index contributed by atoms with van der Waals surface area (Å²) in [5.41, 5.74) is 0. The molecule has 1 aromatic rings. The maximum absolute atomic E-state index is 5.89. The van der Waals surface area contributed by atoms with Crippen LogP contribution in [0.15, 0.2) is 12.1 Å². The average molecular weight is 246 g/mol. The van der Waals surface area contributed by atoms with Crippen LogP contribution in [0.1, 0.15) is 31.6 Å². The van der Waals surface area contributed by atoms with Crippen LogP contribution >= 0.6 is 22.9 Å². The van der Waals surface area contributed by atoms with Crippen LogP contribution < -0.4 is 5.32 Å². The van der Waals surface area contributed by atoms with Crippen molar-refractivity contribution < 1.29 is 0 Å². The Kier molecular flexibility index (Phi) is 5.65. The Morgan fingerprint density at radius 2 is 2.13 bits per heavy atom. The fourth-order valence-corrected chi connectivity index (χ4v) is 2.92. The van der Waals surface area contributed by atoms with E-state index in [2.05, 4.69) is 25.2 Å². The van der Waals surface area contributed by atoms with Gasteiger partial charge in [-0.15, -0.1) is 11.3 Å². The minimum atomic E-state index is 0.639. The summed E-state index contributed by atoms with van der Waals surface area (Å²) in [5.74, 6) is 0.710. The Hall–Kier alpha value is -0.0500. The molecule has 1 rings (SSSR count). The first kappa shape index (κ1) is 13.0. The number of hydrogen-bond acceptors (Lipinski definition) is 2. The van der Waals surface area contributed by atoms with E-state index in [0.717, 1.165) is 10.8 Å². The molecule has 0 aliphatic carbocycles. The van der Waals surface area contributed by atoms with Crippen LogP contribution in [-0.2, 0) is 6.42 Å². The summed E-state index contributed by atoms with van der Waals surface area (Å²) in [6.07, 6.45) is 3.63. The van der Waals surface area contributed by atoms with Gasteiger partial charge >= 0.3 is 0 Å². The standard InChI is InChI=1S/C12H20ClNS/c1-9(2)11(14-3)6-4-5-10-7-8-12(13)15-10/h7-9,11,14H,4-6H2,1-3H3. The first-order chi connectivity index (χ1) is 7.13. The molecule has 1 nitrogen and oxygen atoms in total. The summed E-state index contributed by atoms with van der Waals surface area (Å²) >= 11 is 7.59. The topological polar surface area (TPSA) is 12.0 Å². The van der Waals surface area contributed by atoms with Gasteiger partial charge in [0.1, 0.15) is 0 Å². The molecule has 0 aliphatic heterocycles. The van der Waals surface area contributed by atoms with Crippen LogP contribution in [0.25, 0.3) is 0 Å². The van der Waals surface area contributed by atoms with Crippen molar-refractivity contribution in [3.05, 3.63) is 21.3 Å². The first-order valence-electron chi connectivity index (χ1n) is 5.55. The Bertz CT molecular complexity index is 283. The summed E-state index contributed by atoms with van der Waals surface area (Å²) in [6, 6.07) is 4.76. The zero-order valence-corrected chi connectivity index (χ0v) is 11.3. The van der Waals surface area contributed by atoms with Crippen LogP contribution in [0.5, 0.6) is 0 Å². The molecule has 1 aromatic heterocycles. The van der Waals surface area contributed by atoms with Crippen molar-refractivity contribution in [3.63, 3.8) is 0 Å². The van der Waals surface area contributed by atoms with Gasteiger partial charge in [-0.3, -0.25) is 0 Å². The van der Waals surface area contributed by atoms with Crippen molar-refractivity contribution in [3.8, 4) is 0 Å². The normalized spacial score (nSPS) is 13.4. The summed E-state index contributed by atoms with van der Waals surface area (Å²) in [6.45, 7) is 4.53. The van der Waals surface area contributed by atoms with E-state index < -0.39 is 0 Å². The number of hydrogen-bond donors (Lipinski definition) is 1. The van der Waals surface area contributed by atoms with Gasteiger partial charge in [0.25, 0.3) is 0 Å². The fraction of sp³-hybridized carbons (Fsp3) is 0.667. The highest BCUT2D eigenvalue weighted by atomic mass is 35.5. The smallest absolute Gasteiger partial charge is 0.0931 e. The highest BCUT2D eigenvalue weighted by Crippen LogP contribution is 2.23. The number of halogens is 1. The Morgan fingerprint density at radius 1 is 1.40 bits per heavy atom. The van der Waals surface area contributed by atoms with E-state index >= 15 is 0 Å². The van der Waals surface area contributed by atoms with Crippen molar-refractivity contribution >= 4 is 22.9 Å². The van der Waals surface area contributed by atoms with Crippen LogP contribution in [0.3, 0.4) is 0 Å². The zero-order valence-electron chi connectivity index (χ0n) is 9.72. The van der Waals surface area contributed by atoms with Crippen LogP contribution in [-0.4, -0.2) is 13.1 Å². The molecule has 1 heterocycles. The molecule has 0 saturated carbocycles. The predicted octanol–water partition coefficient (Wildman–Crippen LogP) is 3.97. The van der Waals surface area contributed by atoms with Crippen LogP contribution in [0.2, 0.25) is 4.34 Å². The predicted molar refractivity (Wildman–Crippen MR) is 70.0 cm³/mol. The second kappa shape index (κ2) is 6.51. The largest absolute Gasteiger partial charge is 0.317 e. The van der Waals surface area contributed by atoms with E-state index in [9.17, 15) is 0 Å². The van der Waals surface area contributed by atoms with E-state index in [4.69, 9.17) is 11.6 Å². The maximum atomic E-state index is 5.89. The highest BCUT2D eigenvalue weighted by molar-refractivity contribution is 7.16. The molecule has 0 aliphatic rings. The Balaban J connectivity index is 2.26. The van der Waals surface area contributed by atoms with Gasteiger partial charge in [0.05, 0.1) is 4.34 Å². The van der Waals surface area contributed by atoms with E-state index in [0.29, 0.717) is 12.0 Å². The third kappa shape index (κ3) is 4.54. The maximum Gasteiger partial charge on any atom is 0.0931 e. The van der Waals surface area contributed by atoms with Crippen molar-refractivity contribution in [2.24, 2.45) is 5.92 Å². The van der Waals surface area contributed by atoms with Gasteiger partial charge in [-0.1, -0.05) is 25.4 Å². The summed E-state index contributed by atoms with van der Waals surface area (Å²) in [7, 11) is 2.05. The van der Waals surface area contributed by atoms with Gasteiger partial charge in [-0.25, -0.2) is 0 Å². The summed E-state index contributed by atoms with van der Waals surface area (Å²) < 4.78 is 0.902. The van der Waals surface area contributed by atoms with Crippen LogP contribution in [0.4, 0.5) is 0 Å². The van der Waals surface area contributed by atoms with E-state index in [1.54, 1.807) is 11.3 Å². The highest BCUT2D eigenvalue weighted by Gasteiger charge is 2.10. The van der Waals surface area contributed by atoms with Gasteiger partial charge in [-0.2, -0.15) is 0 Å². The monoisotopic (exact) mass is 245 g/mol. The molecule has 0 spiro atoms.